The smallest absolute Gasteiger partial charge is 0.107 e. The van der Waals surface area contributed by atoms with Gasteiger partial charge >= 0.3 is 0 Å². The highest BCUT2D eigenvalue weighted by Gasteiger charge is 2.27. The van der Waals surface area contributed by atoms with Gasteiger partial charge in [-0.05, 0) is 6.42 Å². The molecule has 0 bridgehead atoms. The molecule has 0 fully saturated rings. The topological polar surface area (TPSA) is 165 Å². The second-order valence-electron chi connectivity index (χ2n) is 6.56. The molecule has 0 rings (SSSR count). The molecule has 0 aromatic heterocycles. The van der Waals surface area contributed by atoms with Crippen molar-refractivity contribution < 1.29 is 23.7 Å². The Hall–Kier alpha value is -2.75. The molecule has 0 aromatic carbocycles. The molecule has 3 unspecified atom stereocenters. The van der Waals surface area contributed by atoms with Gasteiger partial charge in [0.1, 0.15) is 6.10 Å². The number of rotatable bonds is 21. The molecular formula is C22H31N5O5. The monoisotopic (exact) mass is 445 g/mol. The van der Waals surface area contributed by atoms with Gasteiger partial charge in [0.15, 0.2) is 0 Å². The molecule has 0 radical (unpaired) electrons. The van der Waals surface area contributed by atoms with Gasteiger partial charge in [-0.2, -0.15) is 26.3 Å². The third kappa shape index (κ3) is 17.0. The first-order valence-corrected chi connectivity index (χ1v) is 10.6. The van der Waals surface area contributed by atoms with Gasteiger partial charge in [-0.1, -0.05) is 0 Å². The molecule has 32 heavy (non-hydrogen) atoms. The van der Waals surface area contributed by atoms with Gasteiger partial charge in [0, 0.05) is 13.0 Å². The largest absolute Gasteiger partial charge is 0.380 e. The first-order chi connectivity index (χ1) is 15.7. The van der Waals surface area contributed by atoms with Crippen LogP contribution in [0.4, 0.5) is 0 Å². The third-order valence-electron chi connectivity index (χ3n) is 4.15. The molecule has 3 atom stereocenters. The van der Waals surface area contributed by atoms with Crippen molar-refractivity contribution >= 4 is 0 Å². The van der Waals surface area contributed by atoms with Crippen molar-refractivity contribution in [2.45, 2.75) is 63.3 Å². The van der Waals surface area contributed by atoms with Gasteiger partial charge in [-0.15, -0.1) is 0 Å². The zero-order chi connectivity index (χ0) is 23.7. The van der Waals surface area contributed by atoms with E-state index in [2.05, 4.69) is 0 Å². The fraction of sp³-hybridized carbons (Fsp3) is 0.773. The first-order valence-electron chi connectivity index (χ1n) is 10.6. The minimum absolute atomic E-state index is 0.161. The summed E-state index contributed by atoms with van der Waals surface area (Å²) in [6.45, 7) is 1.75. The molecule has 0 N–H and O–H groups in total. The Balaban J connectivity index is 5.18. The van der Waals surface area contributed by atoms with Crippen molar-refractivity contribution in [2.75, 3.05) is 46.2 Å². The SMILES string of the molecule is N#CCCOCCC(CC(OCCC#N)C(COCCC#N)OCCC#N)OCCC#N. The van der Waals surface area contributed by atoms with Crippen LogP contribution in [0.5, 0.6) is 0 Å². The fourth-order valence-electron chi connectivity index (χ4n) is 2.65. The highest BCUT2D eigenvalue weighted by atomic mass is 16.6. The number of ether oxygens (including phenoxy) is 5. The van der Waals surface area contributed by atoms with E-state index < -0.39 is 12.2 Å². The van der Waals surface area contributed by atoms with Crippen LogP contribution in [0.2, 0.25) is 0 Å². The molecule has 10 heteroatoms. The highest BCUT2D eigenvalue weighted by Crippen LogP contribution is 2.18. The van der Waals surface area contributed by atoms with E-state index in [-0.39, 0.29) is 64.8 Å². The van der Waals surface area contributed by atoms with Gasteiger partial charge < -0.3 is 23.7 Å². The Morgan fingerprint density at radius 3 is 1.53 bits per heavy atom. The molecule has 0 saturated heterocycles. The van der Waals surface area contributed by atoms with Gasteiger partial charge in [0.25, 0.3) is 0 Å². The van der Waals surface area contributed by atoms with Crippen LogP contribution in [0.25, 0.3) is 0 Å². The Kier molecular flexibility index (Phi) is 21.0. The Morgan fingerprint density at radius 1 is 0.500 bits per heavy atom. The predicted molar refractivity (Wildman–Crippen MR) is 111 cm³/mol. The van der Waals surface area contributed by atoms with Crippen LogP contribution >= 0.6 is 0 Å². The van der Waals surface area contributed by atoms with Gasteiger partial charge in [-0.25, -0.2) is 0 Å². The highest BCUT2D eigenvalue weighted by molar-refractivity contribution is 4.80. The average molecular weight is 446 g/mol. The van der Waals surface area contributed by atoms with E-state index in [4.69, 9.17) is 50.0 Å². The first kappa shape index (κ1) is 29.2. The summed E-state index contributed by atoms with van der Waals surface area (Å²) in [5, 5.41) is 43.8. The summed E-state index contributed by atoms with van der Waals surface area (Å²) in [5.41, 5.74) is 0. The van der Waals surface area contributed by atoms with E-state index in [1.807, 2.05) is 30.3 Å². The van der Waals surface area contributed by atoms with Crippen molar-refractivity contribution in [1.29, 1.82) is 26.3 Å². The lowest BCUT2D eigenvalue weighted by molar-refractivity contribution is -0.120. The standard InChI is InChI=1S/C22H31N5O5/c23-7-1-12-28-17-6-20(30-14-3-9-25)18-21(31-15-4-10-26)22(32-16-5-11-27)19-29-13-2-8-24/h20-22H,1-6,12-19H2. The van der Waals surface area contributed by atoms with Crippen LogP contribution in [0.15, 0.2) is 0 Å². The van der Waals surface area contributed by atoms with Crippen LogP contribution in [0, 0.1) is 56.7 Å². The lowest BCUT2D eigenvalue weighted by atomic mass is 10.0. The second kappa shape index (κ2) is 22.9. The van der Waals surface area contributed by atoms with Crippen LogP contribution < -0.4 is 0 Å². The van der Waals surface area contributed by atoms with Crippen LogP contribution in [-0.4, -0.2) is 64.6 Å². The number of hydrogen-bond donors (Lipinski definition) is 0. The summed E-state index contributed by atoms with van der Waals surface area (Å²) >= 11 is 0. The lowest BCUT2D eigenvalue weighted by Gasteiger charge is -2.30. The van der Waals surface area contributed by atoms with Crippen molar-refractivity contribution in [3.63, 3.8) is 0 Å². The maximum Gasteiger partial charge on any atom is 0.107 e. The third-order valence-corrected chi connectivity index (χ3v) is 4.15. The minimum atomic E-state index is -0.526. The number of nitrogens with zero attached hydrogens (tertiary/aromatic N) is 5. The maximum atomic E-state index is 8.86. The number of nitriles is 5. The van der Waals surface area contributed by atoms with E-state index in [1.54, 1.807) is 0 Å². The summed E-state index contributed by atoms with van der Waals surface area (Å²) in [6.07, 6.45) is 0.788. The average Bonchev–Trinajstić information content (AvgIpc) is 2.80. The van der Waals surface area contributed by atoms with E-state index in [0.29, 0.717) is 32.5 Å². The van der Waals surface area contributed by atoms with Gasteiger partial charge in [0.05, 0.1) is 114 Å². The molecule has 0 aliphatic rings. The van der Waals surface area contributed by atoms with Crippen molar-refractivity contribution in [2.24, 2.45) is 0 Å². The van der Waals surface area contributed by atoms with E-state index >= 15 is 0 Å². The summed E-state index contributed by atoms with van der Waals surface area (Å²) < 4.78 is 28.6. The summed E-state index contributed by atoms with van der Waals surface area (Å²) in [7, 11) is 0. The van der Waals surface area contributed by atoms with Crippen molar-refractivity contribution in [1.82, 2.24) is 0 Å². The molecule has 0 heterocycles. The van der Waals surface area contributed by atoms with Gasteiger partial charge in [-0.3, -0.25) is 0 Å². The minimum Gasteiger partial charge on any atom is -0.380 e. The lowest BCUT2D eigenvalue weighted by Crippen LogP contribution is -2.39. The molecule has 0 saturated carbocycles. The Bertz CT molecular complexity index is 671. The molecule has 174 valence electrons. The van der Waals surface area contributed by atoms with Gasteiger partial charge in [0.2, 0.25) is 0 Å². The van der Waals surface area contributed by atoms with Crippen molar-refractivity contribution in [3.8, 4) is 30.3 Å². The molecular weight excluding hydrogens is 414 g/mol. The van der Waals surface area contributed by atoms with Crippen molar-refractivity contribution in [3.05, 3.63) is 0 Å². The second-order valence-corrected chi connectivity index (χ2v) is 6.56. The zero-order valence-corrected chi connectivity index (χ0v) is 18.4. The van der Waals surface area contributed by atoms with E-state index in [1.165, 1.54) is 0 Å². The zero-order valence-electron chi connectivity index (χ0n) is 18.4. The molecule has 0 spiro atoms. The molecule has 10 nitrogen and oxygen atoms in total. The Labute approximate surface area is 190 Å². The summed E-state index contributed by atoms with van der Waals surface area (Å²) in [4.78, 5) is 0. The predicted octanol–water partition coefficient (Wildman–Crippen LogP) is 2.52. The molecule has 0 amide bonds. The molecule has 0 aliphatic carbocycles. The van der Waals surface area contributed by atoms with E-state index in [0.717, 1.165) is 0 Å². The van der Waals surface area contributed by atoms with Crippen LogP contribution in [0.3, 0.4) is 0 Å². The molecule has 0 aliphatic heterocycles. The quantitative estimate of drug-likeness (QED) is 0.240. The van der Waals surface area contributed by atoms with E-state index in [9.17, 15) is 0 Å². The Morgan fingerprint density at radius 2 is 0.969 bits per heavy atom. The normalized spacial score (nSPS) is 13.0. The molecule has 0 aromatic rings. The fourth-order valence-corrected chi connectivity index (χ4v) is 2.65. The summed E-state index contributed by atoms with van der Waals surface area (Å²) in [6, 6.07) is 10.1. The number of hydrogen-bond acceptors (Lipinski definition) is 10. The summed E-state index contributed by atoms with van der Waals surface area (Å²) in [5.74, 6) is 0. The maximum absolute atomic E-state index is 8.86. The van der Waals surface area contributed by atoms with Crippen LogP contribution in [-0.2, 0) is 23.7 Å². The van der Waals surface area contributed by atoms with Crippen LogP contribution in [0.1, 0.15) is 44.9 Å².